The van der Waals surface area contributed by atoms with E-state index in [0.29, 0.717) is 22.7 Å². The van der Waals surface area contributed by atoms with Gasteiger partial charge in [0.1, 0.15) is 12.4 Å². The van der Waals surface area contributed by atoms with Crippen molar-refractivity contribution in [3.05, 3.63) is 28.2 Å². The lowest BCUT2D eigenvalue weighted by atomic mass is 10.2. The van der Waals surface area contributed by atoms with Crippen molar-refractivity contribution >= 4 is 23.2 Å². The third kappa shape index (κ3) is 4.38. The zero-order valence-corrected chi connectivity index (χ0v) is 11.2. The van der Waals surface area contributed by atoms with Gasteiger partial charge >= 0.3 is 0 Å². The second kappa shape index (κ2) is 6.48. The van der Waals surface area contributed by atoms with Gasteiger partial charge in [0.2, 0.25) is 0 Å². The van der Waals surface area contributed by atoms with Crippen molar-refractivity contribution < 1.29 is 4.74 Å². The molecule has 0 aromatic heterocycles. The van der Waals surface area contributed by atoms with E-state index in [4.69, 9.17) is 27.9 Å². The van der Waals surface area contributed by atoms with Gasteiger partial charge in [-0.25, -0.2) is 0 Å². The van der Waals surface area contributed by atoms with Crippen molar-refractivity contribution in [3.63, 3.8) is 0 Å². The van der Waals surface area contributed by atoms with Crippen LogP contribution in [0.2, 0.25) is 10.0 Å². The predicted molar refractivity (Wildman–Crippen MR) is 72.2 cm³/mol. The fourth-order valence-corrected chi connectivity index (χ4v) is 2.68. The molecule has 1 aromatic carbocycles. The molecule has 1 aliphatic rings. The smallest absolute Gasteiger partial charge is 0.122 e. The fourth-order valence-electron chi connectivity index (χ4n) is 2.17. The van der Waals surface area contributed by atoms with Crippen molar-refractivity contribution in [2.75, 3.05) is 13.2 Å². The summed E-state index contributed by atoms with van der Waals surface area (Å²) in [6, 6.07) is 5.94. The first-order valence-electron chi connectivity index (χ1n) is 6.06. The maximum Gasteiger partial charge on any atom is 0.122 e. The highest BCUT2D eigenvalue weighted by Gasteiger charge is 2.13. The lowest BCUT2D eigenvalue weighted by molar-refractivity contribution is 0.305. The van der Waals surface area contributed by atoms with Gasteiger partial charge in [0.05, 0.1) is 0 Å². The van der Waals surface area contributed by atoms with Crippen LogP contribution in [0.5, 0.6) is 5.75 Å². The Kier molecular flexibility index (Phi) is 4.96. The maximum absolute atomic E-state index is 5.89. The Morgan fingerprint density at radius 2 is 1.76 bits per heavy atom. The number of benzene rings is 1. The molecule has 0 atom stereocenters. The van der Waals surface area contributed by atoms with Gasteiger partial charge in [-0.15, -0.1) is 0 Å². The molecular weight excluding hydrogens is 257 g/mol. The van der Waals surface area contributed by atoms with E-state index in [-0.39, 0.29) is 0 Å². The summed E-state index contributed by atoms with van der Waals surface area (Å²) >= 11 is 11.8. The first-order valence-corrected chi connectivity index (χ1v) is 6.82. The van der Waals surface area contributed by atoms with E-state index in [1.807, 2.05) is 0 Å². The average Bonchev–Trinajstić information content (AvgIpc) is 2.76. The molecular formula is C13H17Cl2NO. The molecule has 0 radical (unpaired) electrons. The normalized spacial score (nSPS) is 16.4. The Hall–Kier alpha value is -0.440. The average molecular weight is 274 g/mol. The van der Waals surface area contributed by atoms with Gasteiger partial charge in [0.25, 0.3) is 0 Å². The van der Waals surface area contributed by atoms with E-state index in [1.165, 1.54) is 25.7 Å². The highest BCUT2D eigenvalue weighted by Crippen LogP contribution is 2.24. The van der Waals surface area contributed by atoms with E-state index in [2.05, 4.69) is 5.32 Å². The monoisotopic (exact) mass is 273 g/mol. The predicted octanol–water partition coefficient (Wildman–Crippen LogP) is 3.90. The van der Waals surface area contributed by atoms with Crippen LogP contribution in [0.4, 0.5) is 0 Å². The minimum absolute atomic E-state index is 0.608. The molecule has 0 amide bonds. The molecule has 0 saturated heterocycles. The van der Waals surface area contributed by atoms with Gasteiger partial charge in [0.15, 0.2) is 0 Å². The van der Waals surface area contributed by atoms with Gasteiger partial charge < -0.3 is 10.1 Å². The van der Waals surface area contributed by atoms with Crippen LogP contribution in [0.25, 0.3) is 0 Å². The molecule has 4 heteroatoms. The van der Waals surface area contributed by atoms with E-state index < -0.39 is 0 Å². The first-order chi connectivity index (χ1) is 8.24. The lowest BCUT2D eigenvalue weighted by Gasteiger charge is -2.12. The van der Waals surface area contributed by atoms with Crippen molar-refractivity contribution in [3.8, 4) is 5.75 Å². The maximum atomic E-state index is 5.89. The molecule has 1 N–H and O–H groups in total. The highest BCUT2D eigenvalue weighted by molar-refractivity contribution is 6.34. The molecule has 2 nitrogen and oxygen atoms in total. The zero-order valence-electron chi connectivity index (χ0n) is 9.72. The van der Waals surface area contributed by atoms with Crippen LogP contribution in [0.15, 0.2) is 18.2 Å². The van der Waals surface area contributed by atoms with Crippen molar-refractivity contribution in [2.45, 2.75) is 31.7 Å². The molecule has 1 saturated carbocycles. The summed E-state index contributed by atoms with van der Waals surface area (Å²) < 4.78 is 5.60. The van der Waals surface area contributed by atoms with Crippen LogP contribution in [0, 0.1) is 0 Å². The van der Waals surface area contributed by atoms with Gasteiger partial charge in [0, 0.05) is 22.6 Å². The Balaban J connectivity index is 1.70. The molecule has 0 aliphatic heterocycles. The SMILES string of the molecule is Clc1cc(Cl)cc(OCCNC2CCCC2)c1. The van der Waals surface area contributed by atoms with E-state index >= 15 is 0 Å². The summed E-state index contributed by atoms with van der Waals surface area (Å²) in [7, 11) is 0. The third-order valence-electron chi connectivity index (χ3n) is 3.00. The van der Waals surface area contributed by atoms with Crippen LogP contribution in [0.1, 0.15) is 25.7 Å². The van der Waals surface area contributed by atoms with Crippen LogP contribution in [-0.4, -0.2) is 19.2 Å². The van der Waals surface area contributed by atoms with Crippen LogP contribution < -0.4 is 10.1 Å². The Labute approximate surface area is 112 Å². The second-order valence-corrected chi connectivity index (χ2v) is 5.26. The minimum Gasteiger partial charge on any atom is -0.492 e. The molecule has 0 heterocycles. The Morgan fingerprint density at radius 3 is 2.41 bits per heavy atom. The topological polar surface area (TPSA) is 21.3 Å². The number of hydrogen-bond donors (Lipinski definition) is 1. The van der Waals surface area contributed by atoms with E-state index in [1.54, 1.807) is 18.2 Å². The van der Waals surface area contributed by atoms with Crippen molar-refractivity contribution in [1.82, 2.24) is 5.32 Å². The second-order valence-electron chi connectivity index (χ2n) is 4.39. The van der Waals surface area contributed by atoms with Crippen molar-refractivity contribution in [2.24, 2.45) is 0 Å². The summed E-state index contributed by atoms with van der Waals surface area (Å²) in [5.74, 6) is 0.732. The first kappa shape index (κ1) is 13.0. The number of nitrogens with one attached hydrogen (secondary N) is 1. The summed E-state index contributed by atoms with van der Waals surface area (Å²) in [5.41, 5.74) is 0. The molecule has 0 unspecified atom stereocenters. The Bertz CT molecular complexity index is 344. The highest BCUT2D eigenvalue weighted by atomic mass is 35.5. The molecule has 2 rings (SSSR count). The lowest BCUT2D eigenvalue weighted by Crippen LogP contribution is -2.30. The summed E-state index contributed by atoms with van der Waals surface area (Å²) in [6.07, 6.45) is 5.29. The van der Waals surface area contributed by atoms with Gasteiger partial charge in [-0.05, 0) is 31.0 Å². The quantitative estimate of drug-likeness (QED) is 0.822. The molecule has 1 fully saturated rings. The molecule has 94 valence electrons. The minimum atomic E-state index is 0.608. The number of halogens is 2. The molecule has 1 aliphatic carbocycles. The summed E-state index contributed by atoms with van der Waals surface area (Å²) in [6.45, 7) is 1.52. The summed E-state index contributed by atoms with van der Waals surface area (Å²) in [5, 5.41) is 4.71. The van der Waals surface area contributed by atoms with Gasteiger partial charge in [-0.3, -0.25) is 0 Å². The number of ether oxygens (including phenoxy) is 1. The van der Waals surface area contributed by atoms with Crippen LogP contribution in [-0.2, 0) is 0 Å². The van der Waals surface area contributed by atoms with E-state index in [9.17, 15) is 0 Å². The van der Waals surface area contributed by atoms with E-state index in [0.717, 1.165) is 12.3 Å². The molecule has 0 spiro atoms. The standard InChI is InChI=1S/C13H17Cl2NO/c14-10-7-11(15)9-13(8-10)17-6-5-16-12-3-1-2-4-12/h7-9,12,16H,1-6H2. The fraction of sp³-hybridized carbons (Fsp3) is 0.538. The van der Waals surface area contributed by atoms with Crippen LogP contribution >= 0.6 is 23.2 Å². The van der Waals surface area contributed by atoms with Gasteiger partial charge in [-0.2, -0.15) is 0 Å². The van der Waals surface area contributed by atoms with Gasteiger partial charge in [-0.1, -0.05) is 36.0 Å². The zero-order chi connectivity index (χ0) is 12.1. The van der Waals surface area contributed by atoms with Crippen molar-refractivity contribution in [1.29, 1.82) is 0 Å². The number of hydrogen-bond acceptors (Lipinski definition) is 2. The number of rotatable bonds is 5. The largest absolute Gasteiger partial charge is 0.492 e. The Morgan fingerprint density at radius 1 is 1.12 bits per heavy atom. The molecule has 1 aromatic rings. The van der Waals surface area contributed by atoms with Crippen LogP contribution in [0.3, 0.4) is 0 Å². The third-order valence-corrected chi connectivity index (χ3v) is 3.43. The molecule has 0 bridgehead atoms. The molecule has 17 heavy (non-hydrogen) atoms. The summed E-state index contributed by atoms with van der Waals surface area (Å²) in [4.78, 5) is 0.